The predicted octanol–water partition coefficient (Wildman–Crippen LogP) is 3.65. The van der Waals surface area contributed by atoms with E-state index < -0.39 is 17.3 Å². The lowest BCUT2D eigenvalue weighted by Crippen LogP contribution is -2.51. The summed E-state index contributed by atoms with van der Waals surface area (Å²) in [6, 6.07) is 10.1. The summed E-state index contributed by atoms with van der Waals surface area (Å²) in [6.07, 6.45) is 3.45. The lowest BCUT2D eigenvalue weighted by molar-refractivity contribution is 0.234. The van der Waals surface area contributed by atoms with Crippen molar-refractivity contribution in [2.75, 3.05) is 13.1 Å². The number of rotatable bonds is 6. The van der Waals surface area contributed by atoms with Gasteiger partial charge in [0.15, 0.2) is 0 Å². The number of benzene rings is 2. The minimum absolute atomic E-state index is 0.0192. The Morgan fingerprint density at radius 3 is 2.49 bits per heavy atom. The molecular weight excluding hydrogens is 474 g/mol. The first kappa shape index (κ1) is 25.5. The van der Waals surface area contributed by atoms with Gasteiger partial charge < -0.3 is 5.32 Å². The van der Waals surface area contributed by atoms with E-state index in [0.717, 1.165) is 25.8 Å². The van der Waals surface area contributed by atoms with Gasteiger partial charge in [0.05, 0.1) is 12.1 Å². The molecule has 2 aliphatic rings. The molecule has 6 nitrogen and oxygen atoms in total. The molecule has 3 aromatic rings. The first-order chi connectivity index (χ1) is 17.8. The summed E-state index contributed by atoms with van der Waals surface area (Å²) in [6.45, 7) is 6.74. The third kappa shape index (κ3) is 5.31. The molecule has 196 valence electrons. The number of nitrogens with zero attached hydrogens (tertiary/aromatic N) is 3. The molecular formula is C29H34F2N4O2. The summed E-state index contributed by atoms with van der Waals surface area (Å²) >= 11 is 0. The van der Waals surface area contributed by atoms with E-state index in [1.54, 1.807) is 0 Å². The van der Waals surface area contributed by atoms with E-state index in [1.165, 1.54) is 44.0 Å². The largest absolute Gasteiger partial charge is 0.331 e. The number of aromatic nitrogens is 2. The molecule has 8 heteroatoms. The minimum atomic E-state index is -0.695. The maximum absolute atomic E-state index is 14.6. The second-order valence-corrected chi connectivity index (χ2v) is 10.4. The molecule has 0 spiro atoms. The maximum Gasteiger partial charge on any atom is 0.331 e. The molecule has 0 amide bonds. The normalized spacial score (nSPS) is 18.1. The Kier molecular flexibility index (Phi) is 7.40. The summed E-state index contributed by atoms with van der Waals surface area (Å²) in [7, 11) is 0. The molecule has 1 atom stereocenters. The number of aryl methyl sites for hydroxylation is 2. The summed E-state index contributed by atoms with van der Waals surface area (Å²) in [5.74, 6) is -1.39. The van der Waals surface area contributed by atoms with Crippen molar-refractivity contribution in [3.8, 4) is 0 Å². The molecule has 37 heavy (non-hydrogen) atoms. The number of fused-ring (bicyclic) bond motifs is 1. The van der Waals surface area contributed by atoms with Crippen molar-refractivity contribution in [3.63, 3.8) is 0 Å². The van der Waals surface area contributed by atoms with Crippen LogP contribution in [0.5, 0.6) is 0 Å². The highest BCUT2D eigenvalue weighted by Gasteiger charge is 2.28. The van der Waals surface area contributed by atoms with Crippen LogP contribution in [-0.4, -0.2) is 33.2 Å². The Balaban J connectivity index is 1.54. The van der Waals surface area contributed by atoms with Crippen LogP contribution in [0.2, 0.25) is 0 Å². The molecule has 0 bridgehead atoms. The van der Waals surface area contributed by atoms with E-state index in [-0.39, 0.29) is 30.3 Å². The van der Waals surface area contributed by atoms with Crippen LogP contribution in [0.15, 0.2) is 46.0 Å². The lowest BCUT2D eigenvalue weighted by Gasteiger charge is -2.32. The van der Waals surface area contributed by atoms with Gasteiger partial charge in [0.1, 0.15) is 11.6 Å². The lowest BCUT2D eigenvalue weighted by atomic mass is 10.0. The molecule has 1 N–H and O–H groups in total. The van der Waals surface area contributed by atoms with Gasteiger partial charge in [0.2, 0.25) is 0 Å². The Morgan fingerprint density at radius 2 is 1.78 bits per heavy atom. The molecule has 0 saturated carbocycles. The van der Waals surface area contributed by atoms with Crippen molar-refractivity contribution in [1.82, 2.24) is 19.4 Å². The summed E-state index contributed by atoms with van der Waals surface area (Å²) in [5.41, 5.74) is 3.78. The molecule has 3 heterocycles. The van der Waals surface area contributed by atoms with Gasteiger partial charge in [-0.15, -0.1) is 0 Å². The van der Waals surface area contributed by atoms with Gasteiger partial charge in [-0.3, -0.25) is 18.8 Å². The third-order valence-electron chi connectivity index (χ3n) is 7.77. The van der Waals surface area contributed by atoms with E-state index >= 15 is 0 Å². The Labute approximate surface area is 215 Å². The fourth-order valence-corrected chi connectivity index (χ4v) is 5.67. The maximum atomic E-state index is 14.6. The van der Waals surface area contributed by atoms with Crippen molar-refractivity contribution in [3.05, 3.63) is 102 Å². The van der Waals surface area contributed by atoms with Gasteiger partial charge in [-0.25, -0.2) is 13.6 Å². The number of hydrogen-bond donors (Lipinski definition) is 1. The van der Waals surface area contributed by atoms with Crippen molar-refractivity contribution < 1.29 is 8.78 Å². The quantitative estimate of drug-likeness (QED) is 0.552. The van der Waals surface area contributed by atoms with Gasteiger partial charge in [-0.05, 0) is 56.5 Å². The topological polar surface area (TPSA) is 59.3 Å². The second kappa shape index (κ2) is 10.7. The summed E-state index contributed by atoms with van der Waals surface area (Å²) < 4.78 is 31.9. The van der Waals surface area contributed by atoms with Crippen LogP contribution in [0.25, 0.3) is 0 Å². The van der Waals surface area contributed by atoms with Crippen LogP contribution in [0, 0.1) is 25.5 Å². The smallest absolute Gasteiger partial charge is 0.312 e. The highest BCUT2D eigenvalue weighted by atomic mass is 19.1. The van der Waals surface area contributed by atoms with E-state index in [2.05, 4.69) is 42.3 Å². The van der Waals surface area contributed by atoms with Crippen molar-refractivity contribution in [1.29, 1.82) is 0 Å². The first-order valence-electron chi connectivity index (χ1n) is 13.1. The predicted molar refractivity (Wildman–Crippen MR) is 140 cm³/mol. The molecule has 1 aromatic heterocycles. The molecule has 1 unspecified atom stereocenters. The van der Waals surface area contributed by atoms with Crippen LogP contribution in [0.3, 0.4) is 0 Å². The van der Waals surface area contributed by atoms with E-state index in [0.29, 0.717) is 37.3 Å². The monoisotopic (exact) mass is 508 g/mol. The SMILES string of the molecule is Cc1ccc(CN2CCc3c(c(=O)n(CC4CCCCN4)c(=O)n3Cc3c(F)cccc3F)C2)c(C)c1. The molecule has 2 aliphatic heterocycles. The first-order valence-corrected chi connectivity index (χ1v) is 13.1. The highest BCUT2D eigenvalue weighted by Crippen LogP contribution is 2.22. The van der Waals surface area contributed by atoms with Gasteiger partial charge in [0, 0.05) is 49.9 Å². The van der Waals surface area contributed by atoms with Crippen molar-refractivity contribution in [2.24, 2.45) is 0 Å². The van der Waals surface area contributed by atoms with Crippen LogP contribution < -0.4 is 16.6 Å². The van der Waals surface area contributed by atoms with E-state index in [9.17, 15) is 18.4 Å². The number of hydrogen-bond acceptors (Lipinski definition) is 4. The molecule has 0 radical (unpaired) electrons. The molecule has 2 aromatic carbocycles. The van der Waals surface area contributed by atoms with E-state index in [4.69, 9.17) is 0 Å². The molecule has 5 rings (SSSR count). The molecule has 1 saturated heterocycles. The average Bonchev–Trinajstić information content (AvgIpc) is 2.88. The van der Waals surface area contributed by atoms with Crippen LogP contribution in [0.4, 0.5) is 8.78 Å². The minimum Gasteiger partial charge on any atom is -0.312 e. The van der Waals surface area contributed by atoms with Crippen LogP contribution >= 0.6 is 0 Å². The van der Waals surface area contributed by atoms with Crippen molar-refractivity contribution in [2.45, 2.75) is 71.8 Å². The molecule has 1 fully saturated rings. The standard InChI is InChI=1S/C29H34F2N4O2/c1-19-9-10-21(20(2)14-19)15-33-13-11-27-24(17-33)28(36)35(16-22-6-3-4-12-32-22)29(37)34(27)18-23-25(30)7-5-8-26(23)31/h5,7-10,14,22,32H,3-4,6,11-13,15-18H2,1-2H3. The fraction of sp³-hybridized carbons (Fsp3) is 0.448. The van der Waals surface area contributed by atoms with Gasteiger partial charge in [-0.2, -0.15) is 0 Å². The van der Waals surface area contributed by atoms with E-state index in [1.807, 2.05) is 0 Å². The average molecular weight is 509 g/mol. The highest BCUT2D eigenvalue weighted by molar-refractivity contribution is 5.31. The van der Waals surface area contributed by atoms with Crippen molar-refractivity contribution >= 4 is 0 Å². The fourth-order valence-electron chi connectivity index (χ4n) is 5.67. The Morgan fingerprint density at radius 1 is 1.00 bits per heavy atom. The third-order valence-corrected chi connectivity index (χ3v) is 7.77. The zero-order chi connectivity index (χ0) is 26.1. The Hall–Kier alpha value is -3.10. The van der Waals surface area contributed by atoms with Crippen LogP contribution in [-0.2, 0) is 32.6 Å². The number of halogens is 2. The van der Waals surface area contributed by atoms with Crippen LogP contribution in [0.1, 0.15) is 52.8 Å². The molecule has 0 aliphatic carbocycles. The number of piperidine rings is 1. The van der Waals surface area contributed by atoms with Gasteiger partial charge >= 0.3 is 5.69 Å². The van der Waals surface area contributed by atoms with Gasteiger partial charge in [0.25, 0.3) is 5.56 Å². The number of nitrogens with one attached hydrogen (secondary N) is 1. The summed E-state index contributed by atoms with van der Waals surface area (Å²) in [5, 5.41) is 3.40. The zero-order valence-corrected chi connectivity index (χ0v) is 21.5. The second-order valence-electron chi connectivity index (χ2n) is 10.4. The Bertz CT molecular complexity index is 1400. The van der Waals surface area contributed by atoms with Gasteiger partial charge in [-0.1, -0.05) is 36.2 Å². The summed E-state index contributed by atoms with van der Waals surface area (Å²) in [4.78, 5) is 29.6. The zero-order valence-electron chi connectivity index (χ0n) is 21.5.